The Kier molecular flexibility index (Phi) is 6.39. The zero-order chi connectivity index (χ0) is 18.2. The molecule has 0 fully saturated rings. The average Bonchev–Trinajstić information content (AvgIpc) is 2.56. The van der Waals surface area contributed by atoms with Gasteiger partial charge in [0.15, 0.2) is 0 Å². The van der Waals surface area contributed by atoms with Crippen molar-refractivity contribution in [2.24, 2.45) is 0 Å². The van der Waals surface area contributed by atoms with Crippen LogP contribution < -0.4 is 20.7 Å². The van der Waals surface area contributed by atoms with Crippen LogP contribution in [0.2, 0.25) is 0 Å². The summed E-state index contributed by atoms with van der Waals surface area (Å²) in [5.41, 5.74) is 3.37. The molecule has 0 bridgehead atoms. The van der Waals surface area contributed by atoms with Crippen molar-refractivity contribution >= 4 is 28.9 Å². The molecule has 0 heterocycles. The minimum Gasteiger partial charge on any atom is -0.495 e. The van der Waals surface area contributed by atoms with Gasteiger partial charge >= 0.3 is 0 Å². The van der Waals surface area contributed by atoms with Gasteiger partial charge < -0.3 is 20.7 Å². The van der Waals surface area contributed by atoms with E-state index in [9.17, 15) is 9.59 Å². The Morgan fingerprint density at radius 1 is 1.00 bits per heavy atom. The first-order valence-electron chi connectivity index (χ1n) is 8.04. The molecule has 0 aromatic heterocycles. The number of ether oxygens (including phenoxy) is 1. The van der Waals surface area contributed by atoms with E-state index < -0.39 is 0 Å². The van der Waals surface area contributed by atoms with Crippen LogP contribution >= 0.6 is 0 Å². The summed E-state index contributed by atoms with van der Waals surface area (Å²) in [4.78, 5) is 23.0. The average molecular weight is 341 g/mol. The van der Waals surface area contributed by atoms with Crippen LogP contribution in [0, 0.1) is 6.92 Å². The lowest BCUT2D eigenvalue weighted by atomic mass is 10.2. The van der Waals surface area contributed by atoms with Crippen LogP contribution in [0.25, 0.3) is 0 Å². The van der Waals surface area contributed by atoms with Crippen molar-refractivity contribution in [3.05, 3.63) is 48.0 Å². The zero-order valence-electron chi connectivity index (χ0n) is 14.7. The van der Waals surface area contributed by atoms with Crippen LogP contribution in [0.15, 0.2) is 42.5 Å². The summed E-state index contributed by atoms with van der Waals surface area (Å²) < 4.78 is 5.30. The molecule has 2 amide bonds. The first-order chi connectivity index (χ1) is 12.0. The summed E-state index contributed by atoms with van der Waals surface area (Å²) in [6.45, 7) is 3.95. The SMILES string of the molecule is COc1ccc(C)cc1NCCC(=O)Nc1ccc(NC(C)=O)cc1. The molecular formula is C19H23N3O3. The number of hydrogen-bond donors (Lipinski definition) is 3. The van der Waals surface area contributed by atoms with Crippen molar-refractivity contribution in [2.45, 2.75) is 20.3 Å². The Hall–Kier alpha value is -3.02. The van der Waals surface area contributed by atoms with Gasteiger partial charge in [0.25, 0.3) is 0 Å². The largest absolute Gasteiger partial charge is 0.495 e. The summed E-state index contributed by atoms with van der Waals surface area (Å²) in [6.07, 6.45) is 0.324. The van der Waals surface area contributed by atoms with Gasteiger partial charge in [0, 0.05) is 31.3 Å². The van der Waals surface area contributed by atoms with Gasteiger partial charge in [-0.25, -0.2) is 0 Å². The van der Waals surface area contributed by atoms with Gasteiger partial charge in [-0.05, 0) is 48.9 Å². The molecule has 6 heteroatoms. The minimum atomic E-state index is -0.130. The molecular weight excluding hydrogens is 318 g/mol. The molecule has 2 aromatic rings. The first kappa shape index (κ1) is 18.3. The monoisotopic (exact) mass is 341 g/mol. The van der Waals surface area contributed by atoms with E-state index in [0.717, 1.165) is 17.0 Å². The highest BCUT2D eigenvalue weighted by molar-refractivity contribution is 5.92. The second-order valence-electron chi connectivity index (χ2n) is 5.69. The highest BCUT2D eigenvalue weighted by Crippen LogP contribution is 2.25. The third-order valence-electron chi connectivity index (χ3n) is 3.51. The number of aryl methyl sites for hydroxylation is 1. The molecule has 0 saturated heterocycles. The van der Waals surface area contributed by atoms with E-state index in [1.54, 1.807) is 31.4 Å². The summed E-state index contributed by atoms with van der Waals surface area (Å²) >= 11 is 0. The van der Waals surface area contributed by atoms with Crippen molar-refractivity contribution in [2.75, 3.05) is 29.6 Å². The molecule has 132 valence electrons. The third-order valence-corrected chi connectivity index (χ3v) is 3.51. The third kappa shape index (κ3) is 5.84. The van der Waals surface area contributed by atoms with Crippen molar-refractivity contribution < 1.29 is 14.3 Å². The Morgan fingerprint density at radius 2 is 1.64 bits per heavy atom. The standard InChI is InChI=1S/C19H23N3O3/c1-13-4-9-18(25-3)17(12-13)20-11-10-19(24)22-16-7-5-15(6-8-16)21-14(2)23/h4-9,12,20H,10-11H2,1-3H3,(H,21,23)(H,22,24). The topological polar surface area (TPSA) is 79.5 Å². The van der Waals surface area contributed by atoms with Crippen LogP contribution in [0.3, 0.4) is 0 Å². The number of rotatable bonds is 7. The number of anilines is 3. The van der Waals surface area contributed by atoms with Crippen molar-refractivity contribution in [3.8, 4) is 5.75 Å². The van der Waals surface area contributed by atoms with E-state index in [0.29, 0.717) is 24.3 Å². The Labute approximate surface area is 147 Å². The quantitative estimate of drug-likeness (QED) is 0.721. The molecule has 0 aliphatic rings. The fourth-order valence-electron chi connectivity index (χ4n) is 2.33. The highest BCUT2D eigenvalue weighted by atomic mass is 16.5. The van der Waals surface area contributed by atoms with E-state index in [1.165, 1.54) is 6.92 Å². The summed E-state index contributed by atoms with van der Waals surface area (Å²) in [7, 11) is 1.62. The maximum absolute atomic E-state index is 12.0. The molecule has 2 rings (SSSR count). The Bertz CT molecular complexity index is 742. The van der Waals surface area contributed by atoms with Gasteiger partial charge in [0.2, 0.25) is 11.8 Å². The van der Waals surface area contributed by atoms with Gasteiger partial charge in [-0.3, -0.25) is 9.59 Å². The Balaban J connectivity index is 1.83. The second-order valence-corrected chi connectivity index (χ2v) is 5.69. The van der Waals surface area contributed by atoms with E-state index in [2.05, 4.69) is 16.0 Å². The maximum atomic E-state index is 12.0. The molecule has 0 aliphatic heterocycles. The highest BCUT2D eigenvalue weighted by Gasteiger charge is 2.06. The molecule has 0 unspecified atom stereocenters. The van der Waals surface area contributed by atoms with Gasteiger partial charge in [-0.1, -0.05) is 6.07 Å². The lowest BCUT2D eigenvalue weighted by molar-refractivity contribution is -0.116. The van der Waals surface area contributed by atoms with Crippen LogP contribution in [0.5, 0.6) is 5.75 Å². The molecule has 0 spiro atoms. The normalized spacial score (nSPS) is 10.0. The van der Waals surface area contributed by atoms with Crippen LogP contribution in [-0.4, -0.2) is 25.5 Å². The van der Waals surface area contributed by atoms with Gasteiger partial charge in [-0.2, -0.15) is 0 Å². The number of carbonyl (C=O) groups is 2. The number of amides is 2. The summed E-state index contributed by atoms with van der Waals surface area (Å²) in [5.74, 6) is 0.528. The second kappa shape index (κ2) is 8.73. The van der Waals surface area contributed by atoms with Crippen molar-refractivity contribution in [1.29, 1.82) is 0 Å². The van der Waals surface area contributed by atoms with Crippen LogP contribution in [0.1, 0.15) is 18.9 Å². The molecule has 0 atom stereocenters. The van der Waals surface area contributed by atoms with E-state index in [-0.39, 0.29) is 11.8 Å². The molecule has 0 saturated carbocycles. The molecule has 0 aliphatic carbocycles. The number of methoxy groups -OCH3 is 1. The maximum Gasteiger partial charge on any atom is 0.226 e. The minimum absolute atomic E-state index is 0.0913. The lowest BCUT2D eigenvalue weighted by Gasteiger charge is -2.12. The van der Waals surface area contributed by atoms with Gasteiger partial charge in [-0.15, -0.1) is 0 Å². The summed E-state index contributed by atoms with van der Waals surface area (Å²) in [6, 6.07) is 12.8. The fourth-order valence-corrected chi connectivity index (χ4v) is 2.33. The smallest absolute Gasteiger partial charge is 0.226 e. The summed E-state index contributed by atoms with van der Waals surface area (Å²) in [5, 5.41) is 8.72. The van der Waals surface area contributed by atoms with E-state index in [1.807, 2.05) is 25.1 Å². The van der Waals surface area contributed by atoms with E-state index in [4.69, 9.17) is 4.74 Å². The van der Waals surface area contributed by atoms with Gasteiger partial charge in [0.05, 0.1) is 12.8 Å². The predicted molar refractivity (Wildman–Crippen MR) is 100 cm³/mol. The van der Waals surface area contributed by atoms with E-state index >= 15 is 0 Å². The Morgan fingerprint density at radius 3 is 2.24 bits per heavy atom. The molecule has 0 radical (unpaired) electrons. The first-order valence-corrected chi connectivity index (χ1v) is 8.04. The van der Waals surface area contributed by atoms with Crippen molar-refractivity contribution in [3.63, 3.8) is 0 Å². The predicted octanol–water partition coefficient (Wildman–Crippen LogP) is 3.40. The number of benzene rings is 2. The zero-order valence-corrected chi connectivity index (χ0v) is 14.7. The lowest BCUT2D eigenvalue weighted by Crippen LogP contribution is -2.16. The van der Waals surface area contributed by atoms with Gasteiger partial charge in [0.1, 0.15) is 5.75 Å². The molecule has 2 aromatic carbocycles. The molecule has 3 N–H and O–H groups in total. The molecule has 25 heavy (non-hydrogen) atoms. The molecule has 6 nitrogen and oxygen atoms in total. The number of hydrogen-bond acceptors (Lipinski definition) is 4. The number of carbonyl (C=O) groups excluding carboxylic acids is 2. The number of nitrogens with one attached hydrogen (secondary N) is 3. The fraction of sp³-hybridized carbons (Fsp3) is 0.263. The van der Waals surface area contributed by atoms with Crippen LogP contribution in [0.4, 0.5) is 17.1 Å². The van der Waals surface area contributed by atoms with Crippen molar-refractivity contribution in [1.82, 2.24) is 0 Å². The van der Waals surface area contributed by atoms with Crippen LogP contribution in [-0.2, 0) is 9.59 Å².